The fraction of sp³-hybridized carbons (Fsp3) is 0.500. The lowest BCUT2D eigenvalue weighted by Crippen LogP contribution is -2.31. The molecular weight excluding hydrogens is 352 g/mol. The van der Waals surface area contributed by atoms with E-state index in [-0.39, 0.29) is 11.8 Å². The van der Waals surface area contributed by atoms with Crippen LogP contribution in [-0.2, 0) is 0 Å². The Hall–Kier alpha value is -1.83. The minimum atomic E-state index is -1.07. The molecule has 2 N–H and O–H groups in total. The summed E-state index contributed by atoms with van der Waals surface area (Å²) in [5.74, 6) is 2.27. The number of benzene rings is 1. The standard InChI is InChI=1S/C18H20N4OS2/c1-4-24-18(25-5-2)17(11-20)14(16(17,10-19)15(21)22-18)12-7-6-8-13(9-12)23-3/h6-9,14H,4-5H2,1-3H3,(H2,21,22)/t14-,16-,17-/m0/s1. The number of ether oxygens (including phenoxy) is 1. The van der Waals surface area contributed by atoms with Crippen LogP contribution >= 0.6 is 23.5 Å². The van der Waals surface area contributed by atoms with Gasteiger partial charge in [-0.15, -0.1) is 23.5 Å². The highest BCUT2D eigenvalue weighted by molar-refractivity contribution is 8.18. The molecule has 0 radical (unpaired) electrons. The van der Waals surface area contributed by atoms with Crippen LogP contribution < -0.4 is 10.5 Å². The molecule has 0 spiro atoms. The summed E-state index contributed by atoms with van der Waals surface area (Å²) in [5.41, 5.74) is 5.14. The van der Waals surface area contributed by atoms with Crippen LogP contribution in [0.25, 0.3) is 0 Å². The van der Waals surface area contributed by atoms with Gasteiger partial charge in [0.25, 0.3) is 0 Å². The van der Waals surface area contributed by atoms with Crippen molar-refractivity contribution in [3.05, 3.63) is 29.8 Å². The molecule has 2 aliphatic rings. The average Bonchev–Trinajstić information content (AvgIpc) is 3.21. The van der Waals surface area contributed by atoms with E-state index in [1.807, 2.05) is 38.1 Å². The fourth-order valence-corrected chi connectivity index (χ4v) is 7.32. The van der Waals surface area contributed by atoms with E-state index in [9.17, 15) is 10.5 Å². The molecule has 1 aliphatic carbocycles. The van der Waals surface area contributed by atoms with Crippen LogP contribution in [0.5, 0.6) is 5.75 Å². The van der Waals surface area contributed by atoms with E-state index in [0.717, 1.165) is 17.1 Å². The first-order valence-electron chi connectivity index (χ1n) is 8.13. The van der Waals surface area contributed by atoms with Gasteiger partial charge in [-0.25, -0.2) is 4.99 Å². The number of rotatable bonds is 6. The second-order valence-electron chi connectivity index (χ2n) is 5.99. The first kappa shape index (κ1) is 18.0. The first-order valence-corrected chi connectivity index (χ1v) is 10.1. The normalized spacial score (nSPS) is 31.4. The van der Waals surface area contributed by atoms with Crippen molar-refractivity contribution in [2.24, 2.45) is 21.6 Å². The molecule has 1 aromatic carbocycles. The maximum absolute atomic E-state index is 10.2. The third kappa shape index (κ3) is 2.00. The largest absolute Gasteiger partial charge is 0.497 e. The highest BCUT2D eigenvalue weighted by atomic mass is 32.2. The second-order valence-corrected chi connectivity index (χ2v) is 9.17. The first-order chi connectivity index (χ1) is 12.0. The van der Waals surface area contributed by atoms with Crippen molar-refractivity contribution in [1.29, 1.82) is 10.5 Å². The maximum Gasteiger partial charge on any atom is 0.175 e. The Morgan fingerprint density at radius 3 is 2.44 bits per heavy atom. The third-order valence-corrected chi connectivity index (χ3v) is 7.93. The van der Waals surface area contributed by atoms with Crippen molar-refractivity contribution in [2.75, 3.05) is 18.6 Å². The third-order valence-electron chi connectivity index (χ3n) is 5.03. The Balaban J connectivity index is 2.21. The molecule has 0 unspecified atom stereocenters. The lowest BCUT2D eigenvalue weighted by molar-refractivity contribution is 0.414. The van der Waals surface area contributed by atoms with Gasteiger partial charge in [0.05, 0.1) is 19.2 Å². The minimum absolute atomic E-state index is 0.284. The van der Waals surface area contributed by atoms with Crippen molar-refractivity contribution in [1.82, 2.24) is 0 Å². The van der Waals surface area contributed by atoms with Crippen LogP contribution in [0.2, 0.25) is 0 Å². The molecule has 0 bridgehead atoms. The molecule has 1 fully saturated rings. The van der Waals surface area contributed by atoms with Gasteiger partial charge < -0.3 is 10.5 Å². The Morgan fingerprint density at radius 2 is 1.92 bits per heavy atom. The molecule has 7 heteroatoms. The molecule has 5 nitrogen and oxygen atoms in total. The van der Waals surface area contributed by atoms with Crippen molar-refractivity contribution < 1.29 is 4.74 Å². The second kappa shape index (κ2) is 6.16. The number of methoxy groups -OCH3 is 1. The average molecular weight is 373 g/mol. The molecule has 1 aliphatic heterocycles. The van der Waals surface area contributed by atoms with Gasteiger partial charge in [0.15, 0.2) is 4.20 Å². The Bertz CT molecular complexity index is 806. The van der Waals surface area contributed by atoms with E-state index in [4.69, 9.17) is 10.5 Å². The molecule has 25 heavy (non-hydrogen) atoms. The predicted octanol–water partition coefficient (Wildman–Crippen LogP) is 3.34. The molecule has 3 atom stereocenters. The molecule has 0 aromatic heterocycles. The fourth-order valence-electron chi connectivity index (χ4n) is 4.07. The Kier molecular flexibility index (Phi) is 4.43. The highest BCUT2D eigenvalue weighted by Crippen LogP contribution is 2.85. The highest BCUT2D eigenvalue weighted by Gasteiger charge is 2.91. The monoisotopic (exact) mass is 372 g/mol. The number of aliphatic imine (C=N–C) groups is 1. The van der Waals surface area contributed by atoms with E-state index < -0.39 is 15.0 Å². The maximum atomic E-state index is 10.2. The molecule has 3 rings (SSSR count). The van der Waals surface area contributed by atoms with Gasteiger partial charge in [-0.3, -0.25) is 0 Å². The summed E-state index contributed by atoms with van der Waals surface area (Å²) >= 11 is 3.20. The Labute approximate surface area is 156 Å². The van der Waals surface area contributed by atoms with Gasteiger partial charge in [-0.2, -0.15) is 10.5 Å². The number of nitrogens with two attached hydrogens (primary N) is 1. The van der Waals surface area contributed by atoms with Crippen LogP contribution in [0, 0.1) is 33.5 Å². The number of amidine groups is 1. The predicted molar refractivity (Wildman–Crippen MR) is 102 cm³/mol. The zero-order chi connectivity index (χ0) is 18.3. The molecule has 1 heterocycles. The molecule has 0 saturated heterocycles. The van der Waals surface area contributed by atoms with Crippen LogP contribution in [0.3, 0.4) is 0 Å². The van der Waals surface area contributed by atoms with Crippen LogP contribution in [0.4, 0.5) is 0 Å². The summed E-state index contributed by atoms with van der Waals surface area (Å²) in [6.45, 7) is 4.07. The lowest BCUT2D eigenvalue weighted by atomic mass is 9.97. The van der Waals surface area contributed by atoms with Crippen molar-refractivity contribution in [3.8, 4) is 17.9 Å². The molecule has 130 valence electrons. The van der Waals surface area contributed by atoms with E-state index in [0.29, 0.717) is 5.75 Å². The number of hydrogen-bond acceptors (Lipinski definition) is 7. The number of hydrogen-bond donors (Lipinski definition) is 1. The molecule has 1 aromatic rings. The summed E-state index contributed by atoms with van der Waals surface area (Å²) in [5, 5.41) is 20.3. The number of fused-ring (bicyclic) bond motifs is 1. The van der Waals surface area contributed by atoms with Gasteiger partial charge in [-0.05, 0) is 29.2 Å². The number of nitrogens with zero attached hydrogens (tertiary/aromatic N) is 3. The summed E-state index contributed by atoms with van der Waals surface area (Å²) < 4.78 is 4.57. The van der Waals surface area contributed by atoms with Gasteiger partial charge in [0, 0.05) is 5.92 Å². The SMILES string of the molecule is CCSC1(SCC)N=C(N)[C@]2(C#N)[C@H](c3cccc(OC)c3)[C@]12C#N. The van der Waals surface area contributed by atoms with Crippen LogP contribution in [0.1, 0.15) is 25.3 Å². The molecule has 0 amide bonds. The zero-order valence-electron chi connectivity index (χ0n) is 14.4. The van der Waals surface area contributed by atoms with Crippen molar-refractivity contribution in [3.63, 3.8) is 0 Å². The van der Waals surface area contributed by atoms with E-state index in [1.165, 1.54) is 0 Å². The van der Waals surface area contributed by atoms with E-state index in [1.54, 1.807) is 30.6 Å². The van der Waals surface area contributed by atoms with Crippen molar-refractivity contribution in [2.45, 2.75) is 24.0 Å². The number of nitriles is 2. The van der Waals surface area contributed by atoms with Crippen molar-refractivity contribution >= 4 is 29.4 Å². The van der Waals surface area contributed by atoms with E-state index >= 15 is 0 Å². The van der Waals surface area contributed by atoms with Gasteiger partial charge in [0.2, 0.25) is 0 Å². The van der Waals surface area contributed by atoms with Gasteiger partial charge >= 0.3 is 0 Å². The quantitative estimate of drug-likeness (QED) is 0.770. The van der Waals surface area contributed by atoms with Crippen LogP contribution in [-0.4, -0.2) is 28.7 Å². The lowest BCUT2D eigenvalue weighted by Gasteiger charge is -2.31. The summed E-state index contributed by atoms with van der Waals surface area (Å²) in [6, 6.07) is 12.4. The summed E-state index contributed by atoms with van der Waals surface area (Å²) in [4.78, 5) is 4.68. The van der Waals surface area contributed by atoms with Crippen LogP contribution in [0.15, 0.2) is 29.3 Å². The van der Waals surface area contributed by atoms with E-state index in [2.05, 4.69) is 17.1 Å². The van der Waals surface area contributed by atoms with Gasteiger partial charge in [0.1, 0.15) is 22.4 Å². The summed E-state index contributed by atoms with van der Waals surface area (Å²) in [6.07, 6.45) is 0. The summed E-state index contributed by atoms with van der Waals surface area (Å²) in [7, 11) is 1.60. The number of thioether (sulfide) groups is 2. The zero-order valence-corrected chi connectivity index (χ0v) is 16.1. The Morgan fingerprint density at radius 1 is 1.24 bits per heavy atom. The smallest absolute Gasteiger partial charge is 0.175 e. The minimum Gasteiger partial charge on any atom is -0.497 e. The topological polar surface area (TPSA) is 95.2 Å². The molecule has 1 saturated carbocycles. The van der Waals surface area contributed by atoms with Gasteiger partial charge in [-0.1, -0.05) is 26.0 Å². The molecular formula is C18H20N4OS2.